The number of ether oxygens (including phenoxy) is 1. The Morgan fingerprint density at radius 3 is 2.79 bits per heavy atom. The molecule has 0 radical (unpaired) electrons. The molecule has 2 heterocycles. The van der Waals surface area contributed by atoms with Crippen molar-refractivity contribution in [2.45, 2.75) is 50.5 Å². The van der Waals surface area contributed by atoms with Gasteiger partial charge in [-0.2, -0.15) is 0 Å². The van der Waals surface area contributed by atoms with Gasteiger partial charge in [0.05, 0.1) is 17.2 Å². The monoisotopic (exact) mass is 303 g/mol. The zero-order valence-electron chi connectivity index (χ0n) is 10.6. The Morgan fingerprint density at radius 2 is 2.16 bits per heavy atom. The summed E-state index contributed by atoms with van der Waals surface area (Å²) in [7, 11) is 0. The molecule has 2 fully saturated rings. The molecular weight excluding hydrogens is 288 g/mol. The molecule has 2 saturated heterocycles. The van der Waals surface area contributed by atoms with Gasteiger partial charge < -0.3 is 10.1 Å². The molecule has 1 N–H and O–H groups in total. The standard InChI is InChI=1S/C14H16Cl2FNO/c1-7(13-9(15)3-4-10(17)14(13)16)18-11-6-8-2-5-12(11)19-8/h3-4,7-8,11-12,18H,2,5-6H2,1H3. The molecule has 2 aliphatic heterocycles. The Bertz CT molecular complexity index is 497. The van der Waals surface area contributed by atoms with Crippen LogP contribution in [0.5, 0.6) is 0 Å². The third kappa shape index (κ3) is 2.49. The van der Waals surface area contributed by atoms with Gasteiger partial charge >= 0.3 is 0 Å². The highest BCUT2D eigenvalue weighted by Crippen LogP contribution is 2.37. The maximum absolute atomic E-state index is 13.5. The van der Waals surface area contributed by atoms with Crippen LogP contribution in [0.1, 0.15) is 37.8 Å². The van der Waals surface area contributed by atoms with E-state index in [-0.39, 0.29) is 17.2 Å². The van der Waals surface area contributed by atoms with Gasteiger partial charge in [0.15, 0.2) is 0 Å². The molecule has 3 rings (SSSR count). The normalized spacial score (nSPS) is 30.8. The third-order valence-corrected chi connectivity index (χ3v) is 4.80. The lowest BCUT2D eigenvalue weighted by Gasteiger charge is -2.26. The number of hydrogen-bond acceptors (Lipinski definition) is 2. The molecule has 0 aliphatic carbocycles. The van der Waals surface area contributed by atoms with Crippen LogP contribution in [0.25, 0.3) is 0 Å². The van der Waals surface area contributed by atoms with Crippen molar-refractivity contribution < 1.29 is 9.13 Å². The molecule has 2 nitrogen and oxygen atoms in total. The first-order chi connectivity index (χ1) is 9.06. The summed E-state index contributed by atoms with van der Waals surface area (Å²) in [6.45, 7) is 1.96. The Hall–Kier alpha value is -0.350. The Morgan fingerprint density at radius 1 is 1.37 bits per heavy atom. The minimum Gasteiger partial charge on any atom is -0.373 e. The predicted octanol–water partition coefficient (Wildman–Crippen LogP) is 4.10. The van der Waals surface area contributed by atoms with Crippen molar-refractivity contribution in [3.05, 3.63) is 33.6 Å². The van der Waals surface area contributed by atoms with Gasteiger partial charge in [-0.15, -0.1) is 0 Å². The highest BCUT2D eigenvalue weighted by atomic mass is 35.5. The highest BCUT2D eigenvalue weighted by Gasteiger charge is 2.41. The number of hydrogen-bond donors (Lipinski definition) is 1. The molecule has 5 heteroatoms. The fourth-order valence-electron chi connectivity index (χ4n) is 3.16. The van der Waals surface area contributed by atoms with Crippen LogP contribution in [-0.4, -0.2) is 18.2 Å². The second-order valence-corrected chi connectivity index (χ2v) is 6.15. The number of halogens is 3. The molecule has 0 saturated carbocycles. The number of rotatable bonds is 3. The van der Waals surface area contributed by atoms with Crippen LogP contribution in [0.2, 0.25) is 10.0 Å². The lowest BCUT2D eigenvalue weighted by atomic mass is 9.94. The predicted molar refractivity (Wildman–Crippen MR) is 74.3 cm³/mol. The number of benzene rings is 1. The fraction of sp³-hybridized carbons (Fsp3) is 0.571. The molecule has 4 atom stereocenters. The van der Waals surface area contributed by atoms with Gasteiger partial charge in [0.2, 0.25) is 0 Å². The summed E-state index contributed by atoms with van der Waals surface area (Å²) in [5, 5.41) is 4.08. The Balaban J connectivity index is 1.77. The second-order valence-electron chi connectivity index (χ2n) is 5.36. The van der Waals surface area contributed by atoms with Crippen LogP contribution in [0.15, 0.2) is 12.1 Å². The maximum Gasteiger partial charge on any atom is 0.142 e. The van der Waals surface area contributed by atoms with Gasteiger partial charge in [-0.1, -0.05) is 23.2 Å². The van der Waals surface area contributed by atoms with E-state index in [1.165, 1.54) is 6.07 Å². The van der Waals surface area contributed by atoms with Crippen molar-refractivity contribution in [2.24, 2.45) is 0 Å². The van der Waals surface area contributed by atoms with Crippen LogP contribution >= 0.6 is 23.2 Å². The first-order valence-corrected chi connectivity index (χ1v) is 7.36. The fourth-order valence-corrected chi connectivity index (χ4v) is 3.86. The Kier molecular flexibility index (Phi) is 3.73. The summed E-state index contributed by atoms with van der Waals surface area (Å²) >= 11 is 12.2. The first kappa shape index (κ1) is 13.6. The third-order valence-electron chi connectivity index (χ3n) is 4.08. The largest absolute Gasteiger partial charge is 0.373 e. The van der Waals surface area contributed by atoms with Crippen LogP contribution in [0.3, 0.4) is 0 Å². The van der Waals surface area contributed by atoms with E-state index in [9.17, 15) is 4.39 Å². The molecule has 1 aromatic rings. The van der Waals surface area contributed by atoms with E-state index < -0.39 is 5.82 Å². The molecule has 0 amide bonds. The van der Waals surface area contributed by atoms with Crippen LogP contribution in [0, 0.1) is 5.82 Å². The molecule has 1 aromatic carbocycles. The van der Waals surface area contributed by atoms with Gasteiger partial charge in [0.1, 0.15) is 5.82 Å². The summed E-state index contributed by atoms with van der Waals surface area (Å²) in [5.41, 5.74) is 0.631. The summed E-state index contributed by atoms with van der Waals surface area (Å²) in [4.78, 5) is 0. The van der Waals surface area contributed by atoms with Crippen molar-refractivity contribution in [1.29, 1.82) is 0 Å². The SMILES string of the molecule is CC(NC1CC2CCC1O2)c1c(Cl)ccc(F)c1Cl. The van der Waals surface area contributed by atoms with E-state index in [1.54, 1.807) is 6.07 Å². The molecular formula is C14H16Cl2FNO. The topological polar surface area (TPSA) is 21.3 Å². The number of fused-ring (bicyclic) bond motifs is 2. The summed E-state index contributed by atoms with van der Waals surface area (Å²) in [6, 6.07) is 3.06. The molecule has 2 aliphatic rings. The summed E-state index contributed by atoms with van der Waals surface area (Å²) in [5.74, 6) is -0.432. The van der Waals surface area contributed by atoms with E-state index in [2.05, 4.69) is 5.32 Å². The Labute approximate surface area is 122 Å². The molecule has 104 valence electrons. The number of nitrogens with one attached hydrogen (secondary N) is 1. The minimum absolute atomic E-state index is 0.0938. The van der Waals surface area contributed by atoms with Gasteiger partial charge in [0, 0.05) is 22.7 Å². The highest BCUT2D eigenvalue weighted by molar-refractivity contribution is 6.36. The van der Waals surface area contributed by atoms with E-state index in [1.807, 2.05) is 6.92 Å². The van der Waals surface area contributed by atoms with E-state index in [0.29, 0.717) is 22.7 Å². The molecule has 2 bridgehead atoms. The van der Waals surface area contributed by atoms with Crippen molar-refractivity contribution in [3.8, 4) is 0 Å². The van der Waals surface area contributed by atoms with Crippen molar-refractivity contribution in [2.75, 3.05) is 0 Å². The molecule has 0 aromatic heterocycles. The second kappa shape index (κ2) is 5.21. The van der Waals surface area contributed by atoms with Gasteiger partial charge in [0.25, 0.3) is 0 Å². The lowest BCUT2D eigenvalue weighted by Crippen LogP contribution is -2.39. The van der Waals surface area contributed by atoms with E-state index in [4.69, 9.17) is 27.9 Å². The van der Waals surface area contributed by atoms with Crippen molar-refractivity contribution in [1.82, 2.24) is 5.32 Å². The van der Waals surface area contributed by atoms with E-state index >= 15 is 0 Å². The van der Waals surface area contributed by atoms with Gasteiger partial charge in [-0.25, -0.2) is 4.39 Å². The smallest absolute Gasteiger partial charge is 0.142 e. The molecule has 0 spiro atoms. The molecule has 4 unspecified atom stereocenters. The van der Waals surface area contributed by atoms with Crippen molar-refractivity contribution >= 4 is 23.2 Å². The maximum atomic E-state index is 13.5. The van der Waals surface area contributed by atoms with Crippen LogP contribution in [0.4, 0.5) is 4.39 Å². The summed E-state index contributed by atoms with van der Waals surface area (Å²) < 4.78 is 19.3. The van der Waals surface area contributed by atoms with Gasteiger partial charge in [-0.3, -0.25) is 0 Å². The zero-order chi connectivity index (χ0) is 13.6. The van der Waals surface area contributed by atoms with Gasteiger partial charge in [-0.05, 0) is 38.3 Å². The average molecular weight is 304 g/mol. The zero-order valence-corrected chi connectivity index (χ0v) is 12.1. The minimum atomic E-state index is -0.432. The summed E-state index contributed by atoms with van der Waals surface area (Å²) in [6.07, 6.45) is 3.92. The quantitative estimate of drug-likeness (QED) is 0.849. The van der Waals surface area contributed by atoms with Crippen molar-refractivity contribution in [3.63, 3.8) is 0 Å². The average Bonchev–Trinajstić information content (AvgIpc) is 2.96. The van der Waals surface area contributed by atoms with Crippen LogP contribution < -0.4 is 5.32 Å². The first-order valence-electron chi connectivity index (χ1n) is 6.61. The van der Waals surface area contributed by atoms with E-state index in [0.717, 1.165) is 19.3 Å². The lowest BCUT2D eigenvalue weighted by molar-refractivity contribution is 0.0962. The van der Waals surface area contributed by atoms with Crippen LogP contribution in [-0.2, 0) is 4.74 Å². The molecule has 19 heavy (non-hydrogen) atoms.